The van der Waals surface area contributed by atoms with Crippen LogP contribution in [0.1, 0.15) is 54.9 Å². The summed E-state index contributed by atoms with van der Waals surface area (Å²) in [4.78, 5) is 12.5. The molecule has 0 saturated heterocycles. The SMILES string of the molecule is Cc1c(F)cccc1C1CCc2cc(OC3CCC(C(=O)NCCS(=O)(=O)N(C)C)CC3)ccc2O1. The smallest absolute Gasteiger partial charge is 0.223 e. The van der Waals surface area contributed by atoms with E-state index in [2.05, 4.69) is 5.32 Å². The highest BCUT2D eigenvalue weighted by molar-refractivity contribution is 7.89. The Hall–Kier alpha value is -2.65. The number of carbonyl (C=O) groups excluding carboxylic acids is 1. The van der Waals surface area contributed by atoms with Crippen molar-refractivity contribution < 1.29 is 27.1 Å². The van der Waals surface area contributed by atoms with Crippen LogP contribution in [0.15, 0.2) is 36.4 Å². The van der Waals surface area contributed by atoms with Gasteiger partial charge in [-0.25, -0.2) is 17.1 Å². The van der Waals surface area contributed by atoms with Crippen LogP contribution in [0.3, 0.4) is 0 Å². The largest absolute Gasteiger partial charge is 0.490 e. The second-order valence-corrected chi connectivity index (χ2v) is 12.2. The van der Waals surface area contributed by atoms with E-state index in [4.69, 9.17) is 9.47 Å². The average molecular weight is 519 g/mol. The minimum absolute atomic E-state index is 0.0356. The van der Waals surface area contributed by atoms with Crippen LogP contribution in [-0.2, 0) is 21.2 Å². The first-order valence-electron chi connectivity index (χ1n) is 12.5. The number of hydrogen-bond acceptors (Lipinski definition) is 5. The molecule has 36 heavy (non-hydrogen) atoms. The molecule has 196 valence electrons. The molecular weight excluding hydrogens is 483 g/mol. The van der Waals surface area contributed by atoms with E-state index in [9.17, 15) is 17.6 Å². The number of rotatable bonds is 8. The molecule has 1 amide bonds. The van der Waals surface area contributed by atoms with E-state index in [0.29, 0.717) is 18.4 Å². The number of nitrogens with one attached hydrogen (secondary N) is 1. The van der Waals surface area contributed by atoms with Crippen LogP contribution in [0.25, 0.3) is 0 Å². The summed E-state index contributed by atoms with van der Waals surface area (Å²) in [5.41, 5.74) is 2.61. The van der Waals surface area contributed by atoms with Gasteiger partial charge in [0.05, 0.1) is 11.9 Å². The summed E-state index contributed by atoms with van der Waals surface area (Å²) < 4.78 is 51.2. The standard InChI is InChI=1S/C27H35FN2O5S/c1-18-23(5-4-6-24(18)28)26-13-9-20-17-22(12-14-25(20)35-26)34-21-10-7-19(8-11-21)27(31)29-15-16-36(32,33)30(2)3/h4-6,12,14,17,19,21,26H,7-11,13,15-16H2,1-3H3,(H,29,31). The molecule has 1 N–H and O–H groups in total. The van der Waals surface area contributed by atoms with E-state index in [1.807, 2.05) is 24.3 Å². The van der Waals surface area contributed by atoms with Crippen LogP contribution >= 0.6 is 0 Å². The van der Waals surface area contributed by atoms with E-state index >= 15 is 0 Å². The molecule has 2 aromatic rings. The quantitative estimate of drug-likeness (QED) is 0.568. The zero-order valence-electron chi connectivity index (χ0n) is 21.1. The van der Waals surface area contributed by atoms with Gasteiger partial charge in [-0.05, 0) is 86.4 Å². The molecule has 2 aliphatic rings. The van der Waals surface area contributed by atoms with Crippen molar-refractivity contribution in [1.82, 2.24) is 9.62 Å². The third-order valence-corrected chi connectivity index (χ3v) is 9.03. The van der Waals surface area contributed by atoms with E-state index in [1.54, 1.807) is 13.0 Å². The van der Waals surface area contributed by atoms with Crippen molar-refractivity contribution in [2.75, 3.05) is 26.4 Å². The Balaban J connectivity index is 1.26. The molecular formula is C27H35FN2O5S. The maximum Gasteiger partial charge on any atom is 0.223 e. The van der Waals surface area contributed by atoms with Crippen LogP contribution in [0.4, 0.5) is 4.39 Å². The molecule has 1 aliphatic heterocycles. The average Bonchev–Trinajstić information content (AvgIpc) is 2.85. The van der Waals surface area contributed by atoms with Gasteiger partial charge in [-0.15, -0.1) is 0 Å². The summed E-state index contributed by atoms with van der Waals surface area (Å²) in [6.45, 7) is 1.90. The molecule has 9 heteroatoms. The van der Waals surface area contributed by atoms with Gasteiger partial charge in [0.25, 0.3) is 0 Å². The molecule has 1 atom stereocenters. The molecule has 1 saturated carbocycles. The number of carbonyl (C=O) groups is 1. The molecule has 0 spiro atoms. The van der Waals surface area contributed by atoms with E-state index in [-0.39, 0.29) is 42.1 Å². The van der Waals surface area contributed by atoms with Crippen LogP contribution in [0, 0.1) is 18.7 Å². The fraction of sp³-hybridized carbons (Fsp3) is 0.519. The van der Waals surface area contributed by atoms with Crippen molar-refractivity contribution in [1.29, 1.82) is 0 Å². The van der Waals surface area contributed by atoms with Gasteiger partial charge in [-0.1, -0.05) is 12.1 Å². The first kappa shape index (κ1) is 26.4. The lowest BCUT2D eigenvalue weighted by atomic mass is 9.86. The van der Waals surface area contributed by atoms with E-state index in [1.165, 1.54) is 20.2 Å². The minimum Gasteiger partial charge on any atom is -0.490 e. The van der Waals surface area contributed by atoms with Gasteiger partial charge in [0.2, 0.25) is 15.9 Å². The van der Waals surface area contributed by atoms with Gasteiger partial charge in [-0.3, -0.25) is 4.79 Å². The summed E-state index contributed by atoms with van der Waals surface area (Å²) in [6, 6.07) is 11.0. The monoisotopic (exact) mass is 518 g/mol. The molecule has 7 nitrogen and oxygen atoms in total. The van der Waals surface area contributed by atoms with Crippen molar-refractivity contribution in [2.45, 2.75) is 57.7 Å². The number of ether oxygens (including phenoxy) is 2. The molecule has 0 aromatic heterocycles. The fourth-order valence-electron chi connectivity index (χ4n) is 4.90. The lowest BCUT2D eigenvalue weighted by molar-refractivity contribution is -0.126. The van der Waals surface area contributed by atoms with Crippen LogP contribution < -0.4 is 14.8 Å². The second-order valence-electron chi connectivity index (χ2n) is 9.85. The van der Waals surface area contributed by atoms with Crippen LogP contribution in [0.2, 0.25) is 0 Å². The Morgan fingerprint density at radius 1 is 1.14 bits per heavy atom. The first-order chi connectivity index (χ1) is 17.1. The maximum atomic E-state index is 14.0. The van der Waals surface area contributed by atoms with Gasteiger partial charge in [0.15, 0.2) is 0 Å². The highest BCUT2D eigenvalue weighted by atomic mass is 32.2. The number of hydrogen-bond donors (Lipinski definition) is 1. The summed E-state index contributed by atoms with van der Waals surface area (Å²) >= 11 is 0. The van der Waals surface area contributed by atoms with Crippen molar-refractivity contribution >= 4 is 15.9 Å². The van der Waals surface area contributed by atoms with Crippen LogP contribution in [-0.4, -0.2) is 51.1 Å². The van der Waals surface area contributed by atoms with Crippen molar-refractivity contribution in [3.8, 4) is 11.5 Å². The van der Waals surface area contributed by atoms with Crippen molar-refractivity contribution in [3.05, 3.63) is 58.9 Å². The summed E-state index contributed by atoms with van der Waals surface area (Å²) in [7, 11) is -0.352. The normalized spacial score (nSPS) is 22.0. The number of amides is 1. The predicted octanol–water partition coefficient (Wildman–Crippen LogP) is 4.15. The molecule has 1 unspecified atom stereocenters. The van der Waals surface area contributed by atoms with Gasteiger partial charge >= 0.3 is 0 Å². The lowest BCUT2D eigenvalue weighted by Gasteiger charge is -2.30. The Morgan fingerprint density at radius 3 is 2.61 bits per heavy atom. The highest BCUT2D eigenvalue weighted by Gasteiger charge is 2.28. The lowest BCUT2D eigenvalue weighted by Crippen LogP contribution is -2.39. The zero-order valence-corrected chi connectivity index (χ0v) is 21.9. The number of aryl methyl sites for hydroxylation is 1. The first-order valence-corrected chi connectivity index (χ1v) is 14.1. The number of halogens is 1. The highest BCUT2D eigenvalue weighted by Crippen LogP contribution is 2.38. The molecule has 1 aliphatic carbocycles. The van der Waals surface area contributed by atoms with Crippen molar-refractivity contribution in [3.63, 3.8) is 0 Å². The molecule has 1 fully saturated rings. The minimum atomic E-state index is -3.32. The van der Waals surface area contributed by atoms with Gasteiger partial charge in [-0.2, -0.15) is 0 Å². The Morgan fingerprint density at radius 2 is 1.89 bits per heavy atom. The Bertz CT molecular complexity index is 1190. The van der Waals surface area contributed by atoms with Gasteiger partial charge < -0.3 is 14.8 Å². The molecule has 0 bridgehead atoms. The zero-order chi connectivity index (χ0) is 25.9. The molecule has 2 aromatic carbocycles. The summed E-state index contributed by atoms with van der Waals surface area (Å²) in [5, 5.41) is 2.76. The van der Waals surface area contributed by atoms with Crippen LogP contribution in [0.5, 0.6) is 11.5 Å². The van der Waals surface area contributed by atoms with E-state index < -0.39 is 10.0 Å². The fourth-order valence-corrected chi connectivity index (χ4v) is 5.62. The number of sulfonamides is 1. The molecule has 0 radical (unpaired) electrons. The molecule has 4 rings (SSSR count). The van der Waals surface area contributed by atoms with Crippen molar-refractivity contribution in [2.24, 2.45) is 5.92 Å². The summed E-state index contributed by atoms with van der Waals surface area (Å²) in [5.74, 6) is 1.08. The predicted molar refractivity (Wildman–Crippen MR) is 136 cm³/mol. The van der Waals surface area contributed by atoms with E-state index in [0.717, 1.165) is 52.6 Å². The maximum absolute atomic E-state index is 14.0. The second kappa shape index (κ2) is 11.2. The topological polar surface area (TPSA) is 84.9 Å². The number of benzene rings is 2. The Kier molecular flexibility index (Phi) is 8.20. The molecule has 1 heterocycles. The number of nitrogens with zero attached hydrogens (tertiary/aromatic N) is 1. The van der Waals surface area contributed by atoms with Gasteiger partial charge in [0.1, 0.15) is 23.4 Å². The third kappa shape index (κ3) is 6.18. The summed E-state index contributed by atoms with van der Waals surface area (Å²) in [6.07, 6.45) is 4.42. The van der Waals surface area contributed by atoms with Gasteiger partial charge in [0, 0.05) is 26.6 Å². The number of fused-ring (bicyclic) bond motifs is 1. The third-order valence-electron chi connectivity index (χ3n) is 7.20. The Labute approximate surface area is 213 Å².